The van der Waals surface area contributed by atoms with E-state index < -0.39 is 0 Å². The predicted molar refractivity (Wildman–Crippen MR) is 71.5 cm³/mol. The van der Waals surface area contributed by atoms with Crippen molar-refractivity contribution in [3.63, 3.8) is 0 Å². The Kier molecular flexibility index (Phi) is 4.06. The van der Waals surface area contributed by atoms with Gasteiger partial charge in [0.25, 0.3) is 0 Å². The molecular formula is C15H23NO. The smallest absolute Gasteiger partial charge is 0.122 e. The minimum Gasteiger partial charge on any atom is -0.490 e. The molecule has 17 heavy (non-hydrogen) atoms. The molecule has 0 bridgehead atoms. The van der Waals surface area contributed by atoms with Crippen LogP contribution in [0.1, 0.15) is 24.8 Å². The highest BCUT2D eigenvalue weighted by Crippen LogP contribution is 2.37. The van der Waals surface area contributed by atoms with E-state index in [1.165, 1.54) is 18.4 Å². The van der Waals surface area contributed by atoms with E-state index in [4.69, 9.17) is 4.74 Å². The third kappa shape index (κ3) is 3.74. The van der Waals surface area contributed by atoms with Crippen molar-refractivity contribution in [3.8, 4) is 5.75 Å². The number of nitrogens with zero attached hydrogens (tertiary/aromatic N) is 1. The molecular weight excluding hydrogens is 210 g/mol. The van der Waals surface area contributed by atoms with Crippen LogP contribution in [0.5, 0.6) is 5.75 Å². The van der Waals surface area contributed by atoms with Gasteiger partial charge in [-0.2, -0.15) is 0 Å². The second-order valence-electron chi connectivity index (χ2n) is 5.35. The lowest BCUT2D eigenvalue weighted by atomic mass is 10.1. The van der Waals surface area contributed by atoms with E-state index >= 15 is 0 Å². The van der Waals surface area contributed by atoms with Crippen LogP contribution in [-0.2, 0) is 0 Å². The van der Waals surface area contributed by atoms with E-state index in [0.29, 0.717) is 6.10 Å². The van der Waals surface area contributed by atoms with Gasteiger partial charge >= 0.3 is 0 Å². The largest absolute Gasteiger partial charge is 0.490 e. The highest BCUT2D eigenvalue weighted by Gasteiger charge is 2.32. The van der Waals surface area contributed by atoms with Crippen LogP contribution in [0, 0.1) is 12.8 Å². The van der Waals surface area contributed by atoms with Gasteiger partial charge in [-0.25, -0.2) is 0 Å². The maximum Gasteiger partial charge on any atom is 0.122 e. The van der Waals surface area contributed by atoms with Crippen molar-refractivity contribution in [3.05, 3.63) is 29.8 Å². The molecule has 0 radical (unpaired) electrons. The van der Waals surface area contributed by atoms with Gasteiger partial charge in [0.05, 0.1) is 0 Å². The molecule has 94 valence electrons. The monoisotopic (exact) mass is 233 g/mol. The first-order valence-corrected chi connectivity index (χ1v) is 6.54. The molecule has 0 aromatic heterocycles. The Morgan fingerprint density at radius 2 is 2.00 bits per heavy atom. The van der Waals surface area contributed by atoms with Crippen LogP contribution in [0.15, 0.2) is 24.3 Å². The molecule has 1 aromatic rings. The Morgan fingerprint density at radius 1 is 1.29 bits per heavy atom. The third-order valence-corrected chi connectivity index (χ3v) is 3.38. The van der Waals surface area contributed by atoms with Gasteiger partial charge in [0, 0.05) is 6.54 Å². The number of hydrogen-bond acceptors (Lipinski definition) is 2. The Hall–Kier alpha value is -1.02. The van der Waals surface area contributed by atoms with Crippen molar-refractivity contribution in [2.45, 2.75) is 32.3 Å². The molecule has 0 amide bonds. The van der Waals surface area contributed by atoms with Crippen molar-refractivity contribution < 1.29 is 4.74 Å². The zero-order chi connectivity index (χ0) is 12.3. The summed E-state index contributed by atoms with van der Waals surface area (Å²) in [6, 6.07) is 8.32. The normalized spacial score (nSPS) is 17.2. The molecule has 1 aliphatic rings. The highest BCUT2D eigenvalue weighted by atomic mass is 16.5. The van der Waals surface area contributed by atoms with Gasteiger partial charge in [0.2, 0.25) is 0 Å². The average Bonchev–Trinajstić information content (AvgIpc) is 3.10. The maximum absolute atomic E-state index is 6.19. The number of aryl methyl sites for hydroxylation is 1. The van der Waals surface area contributed by atoms with E-state index in [2.05, 4.69) is 50.2 Å². The van der Waals surface area contributed by atoms with E-state index in [1.807, 2.05) is 0 Å². The minimum absolute atomic E-state index is 0.401. The molecule has 2 nitrogen and oxygen atoms in total. The molecule has 1 fully saturated rings. The van der Waals surface area contributed by atoms with Crippen molar-refractivity contribution in [2.24, 2.45) is 5.92 Å². The molecule has 0 N–H and O–H groups in total. The Balaban J connectivity index is 1.95. The van der Waals surface area contributed by atoms with Gasteiger partial charge in [-0.05, 0) is 57.8 Å². The second-order valence-corrected chi connectivity index (χ2v) is 5.35. The van der Waals surface area contributed by atoms with Crippen LogP contribution in [0.25, 0.3) is 0 Å². The van der Waals surface area contributed by atoms with Crippen LogP contribution in [0.3, 0.4) is 0 Å². The van der Waals surface area contributed by atoms with Gasteiger partial charge in [0.1, 0.15) is 11.9 Å². The summed E-state index contributed by atoms with van der Waals surface area (Å²) < 4.78 is 6.19. The Labute approximate surface area is 105 Å². The van der Waals surface area contributed by atoms with Crippen LogP contribution < -0.4 is 4.74 Å². The summed E-state index contributed by atoms with van der Waals surface area (Å²) in [5, 5.41) is 0. The van der Waals surface area contributed by atoms with Crippen LogP contribution in [0.4, 0.5) is 0 Å². The third-order valence-electron chi connectivity index (χ3n) is 3.38. The summed E-state index contributed by atoms with van der Waals surface area (Å²) in [6.45, 7) is 3.22. The summed E-state index contributed by atoms with van der Waals surface area (Å²) in [5.74, 6) is 1.85. The molecule has 1 unspecified atom stereocenters. The van der Waals surface area contributed by atoms with E-state index in [1.54, 1.807) is 0 Å². The standard InChI is InChI=1S/C15H23NO/c1-12-6-4-5-7-14(12)17-15(13-8-9-13)10-11-16(2)3/h4-7,13,15H,8-11H2,1-3H3. The van der Waals surface area contributed by atoms with Crippen LogP contribution >= 0.6 is 0 Å². The van der Waals surface area contributed by atoms with Gasteiger partial charge < -0.3 is 9.64 Å². The zero-order valence-electron chi connectivity index (χ0n) is 11.1. The average molecular weight is 233 g/mol. The van der Waals surface area contributed by atoms with E-state index in [9.17, 15) is 0 Å². The molecule has 0 saturated heterocycles. The minimum atomic E-state index is 0.401. The lowest BCUT2D eigenvalue weighted by molar-refractivity contribution is 0.154. The molecule has 0 aliphatic heterocycles. The number of para-hydroxylation sites is 1. The number of hydrogen-bond donors (Lipinski definition) is 0. The number of benzene rings is 1. The van der Waals surface area contributed by atoms with Crippen molar-refractivity contribution in [1.29, 1.82) is 0 Å². The van der Waals surface area contributed by atoms with Crippen LogP contribution in [-0.4, -0.2) is 31.6 Å². The predicted octanol–water partition coefficient (Wildman–Crippen LogP) is 3.10. The fraction of sp³-hybridized carbons (Fsp3) is 0.600. The zero-order valence-corrected chi connectivity index (χ0v) is 11.1. The first-order valence-electron chi connectivity index (χ1n) is 6.54. The topological polar surface area (TPSA) is 12.5 Å². The van der Waals surface area contributed by atoms with E-state index in [0.717, 1.165) is 24.6 Å². The van der Waals surface area contributed by atoms with E-state index in [-0.39, 0.29) is 0 Å². The lowest BCUT2D eigenvalue weighted by Crippen LogP contribution is -2.25. The van der Waals surface area contributed by atoms with Crippen molar-refractivity contribution >= 4 is 0 Å². The Morgan fingerprint density at radius 3 is 2.59 bits per heavy atom. The van der Waals surface area contributed by atoms with Gasteiger partial charge in [-0.1, -0.05) is 18.2 Å². The quantitative estimate of drug-likeness (QED) is 0.748. The molecule has 1 atom stereocenters. The molecule has 0 spiro atoms. The SMILES string of the molecule is Cc1ccccc1OC(CCN(C)C)C1CC1. The Bertz CT molecular complexity index is 358. The molecule has 0 heterocycles. The van der Waals surface area contributed by atoms with Gasteiger partial charge in [-0.15, -0.1) is 0 Å². The number of rotatable bonds is 6. The molecule has 1 saturated carbocycles. The fourth-order valence-electron chi connectivity index (χ4n) is 2.10. The second kappa shape index (κ2) is 5.54. The van der Waals surface area contributed by atoms with Crippen molar-refractivity contribution in [1.82, 2.24) is 4.90 Å². The molecule has 1 aromatic carbocycles. The summed E-state index contributed by atoms with van der Waals surface area (Å²) in [7, 11) is 4.25. The van der Waals surface area contributed by atoms with Crippen molar-refractivity contribution in [2.75, 3.05) is 20.6 Å². The highest BCUT2D eigenvalue weighted by molar-refractivity contribution is 5.32. The lowest BCUT2D eigenvalue weighted by Gasteiger charge is -2.21. The summed E-state index contributed by atoms with van der Waals surface area (Å²) in [6.07, 6.45) is 4.21. The summed E-state index contributed by atoms with van der Waals surface area (Å²) in [5.41, 5.74) is 1.24. The fourth-order valence-corrected chi connectivity index (χ4v) is 2.10. The molecule has 2 heteroatoms. The first kappa shape index (κ1) is 12.4. The number of ether oxygens (including phenoxy) is 1. The first-order chi connectivity index (χ1) is 8.16. The van der Waals surface area contributed by atoms with Gasteiger partial charge in [-0.3, -0.25) is 0 Å². The molecule has 1 aliphatic carbocycles. The van der Waals surface area contributed by atoms with Gasteiger partial charge in [0.15, 0.2) is 0 Å². The maximum atomic E-state index is 6.19. The summed E-state index contributed by atoms with van der Waals surface area (Å²) >= 11 is 0. The van der Waals surface area contributed by atoms with Crippen LogP contribution in [0.2, 0.25) is 0 Å². The summed E-state index contributed by atoms with van der Waals surface area (Å²) in [4.78, 5) is 2.23. The molecule has 2 rings (SSSR count).